The van der Waals surface area contributed by atoms with Gasteiger partial charge in [0.25, 0.3) is 0 Å². The summed E-state index contributed by atoms with van der Waals surface area (Å²) in [4.78, 5) is 33.8. The Hall–Kier alpha value is -1.20. The van der Waals surface area contributed by atoms with Gasteiger partial charge < -0.3 is 5.32 Å². The van der Waals surface area contributed by atoms with Crippen molar-refractivity contribution in [3.8, 4) is 0 Å². The van der Waals surface area contributed by atoms with Gasteiger partial charge in [-0.1, -0.05) is 10.1 Å². The van der Waals surface area contributed by atoms with Crippen LogP contribution in [0, 0.1) is 0 Å². The molecule has 14 heavy (non-hydrogen) atoms. The summed E-state index contributed by atoms with van der Waals surface area (Å²) < 4.78 is -0.974. The molecule has 76 valence electrons. The molecule has 0 radical (unpaired) electrons. The molecule has 1 saturated heterocycles. The van der Waals surface area contributed by atoms with E-state index in [4.69, 9.17) is 11.8 Å². The van der Waals surface area contributed by atoms with Crippen molar-refractivity contribution in [2.45, 2.75) is 6.42 Å². The van der Waals surface area contributed by atoms with Crippen LogP contribution in [-0.4, -0.2) is 34.8 Å². The third kappa shape index (κ3) is 1.69. The minimum atomic E-state index is -0.974. The Bertz CT molecular complexity index is 316. The maximum Gasteiger partial charge on any atom is 0.428 e. The molecule has 0 aromatic heterocycles. The average molecular weight is 218 g/mol. The third-order valence-corrected chi connectivity index (χ3v) is 2.45. The summed E-state index contributed by atoms with van der Waals surface area (Å²) in [6, 6.07) is 0. The van der Waals surface area contributed by atoms with Crippen LogP contribution in [0.5, 0.6) is 0 Å². The van der Waals surface area contributed by atoms with Gasteiger partial charge in [-0.3, -0.25) is 4.79 Å². The number of hydrogen-bond donors (Lipinski definition) is 1. The molecule has 1 heterocycles. The van der Waals surface area contributed by atoms with Gasteiger partial charge in [0.15, 0.2) is 11.8 Å². The van der Waals surface area contributed by atoms with Crippen molar-refractivity contribution in [3.05, 3.63) is 12.7 Å². The van der Waals surface area contributed by atoms with E-state index in [2.05, 4.69) is 11.9 Å². The van der Waals surface area contributed by atoms with E-state index >= 15 is 0 Å². The number of piperazine rings is 1. The summed E-state index contributed by atoms with van der Waals surface area (Å²) in [7, 11) is 0. The monoisotopic (exact) mass is 217 g/mol. The molecular formula is C8H10ClN2O3+. The molecule has 1 atom stereocenters. The number of rotatable bonds is 2. The molecule has 5 nitrogen and oxygen atoms in total. The SMILES string of the molecule is C=CCC(=O)[N+]1(Cl)CCNC(=O)C1=O. The van der Waals surface area contributed by atoms with Crippen LogP contribution in [0.3, 0.4) is 0 Å². The van der Waals surface area contributed by atoms with Crippen LogP contribution in [-0.2, 0) is 14.4 Å². The molecule has 0 spiro atoms. The smallest absolute Gasteiger partial charge is 0.338 e. The number of amides is 3. The molecule has 0 aliphatic carbocycles. The molecule has 1 aliphatic heterocycles. The first kappa shape index (κ1) is 10.9. The number of quaternary nitrogens is 1. The van der Waals surface area contributed by atoms with Gasteiger partial charge >= 0.3 is 17.7 Å². The minimum Gasteiger partial charge on any atom is -0.338 e. The second kappa shape index (κ2) is 3.89. The molecule has 0 aromatic rings. The first-order valence-corrected chi connectivity index (χ1v) is 4.41. The van der Waals surface area contributed by atoms with Crippen LogP contribution in [0.1, 0.15) is 6.42 Å². The second-order valence-corrected chi connectivity index (χ2v) is 3.46. The first-order chi connectivity index (χ1) is 6.52. The highest BCUT2D eigenvalue weighted by atomic mass is 35.5. The fourth-order valence-electron chi connectivity index (χ4n) is 1.17. The van der Waals surface area contributed by atoms with Crippen LogP contribution in [0.2, 0.25) is 0 Å². The van der Waals surface area contributed by atoms with Gasteiger partial charge in [0.2, 0.25) is 0 Å². The molecule has 3 amide bonds. The third-order valence-electron chi connectivity index (χ3n) is 1.94. The van der Waals surface area contributed by atoms with Crippen LogP contribution < -0.4 is 5.32 Å². The number of imide groups is 1. The lowest BCUT2D eigenvalue weighted by Gasteiger charge is -2.26. The fourth-order valence-corrected chi connectivity index (χ4v) is 1.40. The lowest BCUT2D eigenvalue weighted by molar-refractivity contribution is -0.654. The van der Waals surface area contributed by atoms with E-state index < -0.39 is 21.7 Å². The zero-order valence-electron chi connectivity index (χ0n) is 7.46. The van der Waals surface area contributed by atoms with E-state index in [0.717, 1.165) is 0 Å². The molecular weight excluding hydrogens is 208 g/mol. The normalized spacial score (nSPS) is 26.9. The van der Waals surface area contributed by atoms with Gasteiger partial charge in [0.05, 0.1) is 13.0 Å². The molecule has 0 bridgehead atoms. The Morgan fingerprint density at radius 2 is 2.29 bits per heavy atom. The van der Waals surface area contributed by atoms with E-state index in [1.165, 1.54) is 6.08 Å². The maximum absolute atomic E-state index is 11.4. The predicted octanol–water partition coefficient (Wildman–Crippen LogP) is -0.284. The molecule has 0 saturated carbocycles. The number of carbonyl (C=O) groups is 3. The number of halogens is 1. The Kier molecular flexibility index (Phi) is 3.03. The van der Waals surface area contributed by atoms with Crippen molar-refractivity contribution in [3.63, 3.8) is 0 Å². The van der Waals surface area contributed by atoms with Gasteiger partial charge in [-0.05, 0) is 0 Å². The highest BCUT2D eigenvalue weighted by Gasteiger charge is 2.50. The highest BCUT2D eigenvalue weighted by Crippen LogP contribution is 2.18. The van der Waals surface area contributed by atoms with Crippen molar-refractivity contribution in [1.29, 1.82) is 0 Å². The van der Waals surface area contributed by atoms with Gasteiger partial charge in [0, 0.05) is 0 Å². The Balaban J connectivity index is 2.91. The van der Waals surface area contributed by atoms with Gasteiger partial charge in [-0.15, -0.1) is 6.58 Å². The molecule has 1 rings (SSSR count). The predicted molar refractivity (Wildman–Crippen MR) is 48.8 cm³/mol. The van der Waals surface area contributed by atoms with Crippen LogP contribution in [0.15, 0.2) is 12.7 Å². The largest absolute Gasteiger partial charge is 0.428 e. The van der Waals surface area contributed by atoms with E-state index in [1.807, 2.05) is 0 Å². The number of nitrogens with zero attached hydrogens (tertiary/aromatic N) is 1. The van der Waals surface area contributed by atoms with E-state index in [-0.39, 0.29) is 19.5 Å². The van der Waals surface area contributed by atoms with Crippen molar-refractivity contribution in [2.24, 2.45) is 0 Å². The first-order valence-electron chi connectivity index (χ1n) is 4.07. The quantitative estimate of drug-likeness (QED) is 0.393. The number of carbonyl (C=O) groups excluding carboxylic acids is 3. The van der Waals surface area contributed by atoms with Gasteiger partial charge in [0.1, 0.15) is 6.54 Å². The van der Waals surface area contributed by atoms with Gasteiger partial charge in [-0.2, -0.15) is 0 Å². The summed E-state index contributed by atoms with van der Waals surface area (Å²) in [6.07, 6.45) is 1.33. The lowest BCUT2D eigenvalue weighted by Crippen LogP contribution is -2.62. The summed E-state index contributed by atoms with van der Waals surface area (Å²) >= 11 is 5.78. The van der Waals surface area contributed by atoms with E-state index in [1.54, 1.807) is 0 Å². The fraction of sp³-hybridized carbons (Fsp3) is 0.375. The molecule has 1 aliphatic rings. The Morgan fingerprint density at radius 1 is 1.64 bits per heavy atom. The number of nitrogens with one attached hydrogen (secondary N) is 1. The van der Waals surface area contributed by atoms with Crippen LogP contribution >= 0.6 is 11.8 Å². The average Bonchev–Trinajstić information content (AvgIpc) is 2.14. The number of hydrogen-bond acceptors (Lipinski definition) is 3. The summed E-state index contributed by atoms with van der Waals surface area (Å²) in [5, 5.41) is 2.32. The molecule has 1 N–H and O–H groups in total. The zero-order valence-corrected chi connectivity index (χ0v) is 8.21. The molecule has 1 unspecified atom stereocenters. The molecule has 6 heteroatoms. The Labute approximate surface area is 86.0 Å². The topological polar surface area (TPSA) is 63.2 Å². The minimum absolute atomic E-state index is 0.0253. The van der Waals surface area contributed by atoms with E-state index in [0.29, 0.717) is 0 Å². The standard InChI is InChI=1S/C8H9ClN2O3/c1-2-3-6(12)11(9)5-4-10-7(13)8(11)14/h2H,1,3-5H2/p+1. The van der Waals surface area contributed by atoms with Crippen molar-refractivity contribution in [2.75, 3.05) is 13.1 Å². The molecule has 0 aromatic carbocycles. The van der Waals surface area contributed by atoms with Crippen molar-refractivity contribution in [1.82, 2.24) is 5.32 Å². The van der Waals surface area contributed by atoms with Crippen LogP contribution in [0.25, 0.3) is 0 Å². The summed E-state index contributed by atoms with van der Waals surface area (Å²) in [6.45, 7) is 3.67. The summed E-state index contributed by atoms with van der Waals surface area (Å²) in [5.41, 5.74) is 0. The zero-order chi connectivity index (χ0) is 10.8. The van der Waals surface area contributed by atoms with Crippen LogP contribution in [0.4, 0.5) is 0 Å². The lowest BCUT2D eigenvalue weighted by atomic mass is 10.3. The Morgan fingerprint density at radius 3 is 2.86 bits per heavy atom. The van der Waals surface area contributed by atoms with E-state index in [9.17, 15) is 14.4 Å². The highest BCUT2D eigenvalue weighted by molar-refractivity contribution is 6.39. The maximum atomic E-state index is 11.4. The summed E-state index contributed by atoms with van der Waals surface area (Å²) in [5.74, 6) is -2.27. The van der Waals surface area contributed by atoms with Gasteiger partial charge in [-0.25, -0.2) is 9.59 Å². The molecule has 1 fully saturated rings. The van der Waals surface area contributed by atoms with Crippen molar-refractivity contribution < 1.29 is 18.4 Å². The van der Waals surface area contributed by atoms with Crippen molar-refractivity contribution >= 4 is 29.5 Å². The second-order valence-electron chi connectivity index (χ2n) is 2.89.